The van der Waals surface area contributed by atoms with Crippen molar-refractivity contribution in [2.75, 3.05) is 39.9 Å². The average molecular weight is 369 g/mol. The lowest BCUT2D eigenvalue weighted by atomic mass is 9.95. The molecule has 5 rings (SSSR count). The van der Waals surface area contributed by atoms with Gasteiger partial charge in [-0.3, -0.25) is 9.80 Å². The van der Waals surface area contributed by atoms with Gasteiger partial charge < -0.3 is 4.74 Å². The van der Waals surface area contributed by atoms with Crippen LogP contribution in [0.4, 0.5) is 0 Å². The van der Waals surface area contributed by atoms with E-state index in [4.69, 9.17) is 4.74 Å². The van der Waals surface area contributed by atoms with Crippen molar-refractivity contribution in [2.45, 2.75) is 39.3 Å². The van der Waals surface area contributed by atoms with Crippen LogP contribution in [0.25, 0.3) is 5.69 Å². The first kappa shape index (κ1) is 18.7. The molecule has 3 fully saturated rings. The van der Waals surface area contributed by atoms with E-state index in [-0.39, 0.29) is 0 Å². The molecule has 0 spiro atoms. The quantitative estimate of drug-likeness (QED) is 0.785. The van der Waals surface area contributed by atoms with Gasteiger partial charge >= 0.3 is 0 Å². The van der Waals surface area contributed by atoms with Crippen molar-refractivity contribution in [2.24, 2.45) is 5.92 Å². The van der Waals surface area contributed by atoms with Crippen molar-refractivity contribution in [3.63, 3.8) is 0 Å². The summed E-state index contributed by atoms with van der Waals surface area (Å²) in [7, 11) is 1.80. The van der Waals surface area contributed by atoms with Gasteiger partial charge in [0.25, 0.3) is 0 Å². The van der Waals surface area contributed by atoms with E-state index in [1.165, 1.54) is 43.7 Å². The van der Waals surface area contributed by atoms with Crippen molar-refractivity contribution in [1.82, 2.24) is 19.6 Å². The van der Waals surface area contributed by atoms with Gasteiger partial charge in [-0.15, -0.1) is 0 Å². The first-order valence-electron chi connectivity index (χ1n) is 10.2. The minimum Gasteiger partial charge on any atom is -0.383 e. The molecule has 2 bridgehead atoms. The first-order valence-corrected chi connectivity index (χ1v) is 10.2. The molecule has 0 saturated carbocycles. The zero-order valence-corrected chi connectivity index (χ0v) is 16.9. The zero-order valence-electron chi connectivity index (χ0n) is 16.9. The monoisotopic (exact) mass is 368 g/mol. The second-order valence-corrected chi connectivity index (χ2v) is 8.29. The molecule has 0 unspecified atom stereocenters. The van der Waals surface area contributed by atoms with Gasteiger partial charge in [-0.2, -0.15) is 5.10 Å². The maximum atomic E-state index is 5.32. The largest absolute Gasteiger partial charge is 0.383 e. The number of ether oxygens (including phenoxy) is 1. The van der Waals surface area contributed by atoms with E-state index in [0.29, 0.717) is 6.04 Å². The highest BCUT2D eigenvalue weighted by atomic mass is 16.5. The molecular weight excluding hydrogens is 336 g/mol. The topological polar surface area (TPSA) is 33.5 Å². The number of piperidine rings is 1. The summed E-state index contributed by atoms with van der Waals surface area (Å²) in [5, 5.41) is 4.64. The van der Waals surface area contributed by atoms with Crippen molar-refractivity contribution in [1.29, 1.82) is 0 Å². The fourth-order valence-electron chi connectivity index (χ4n) is 4.82. The standard InChI is InChI=1S/C22H32N4O/c1-17-11-18(2)26(23-17)21-6-4-5-19(12-21)13-24-14-20-7-8-22(16-24)25(15-20)9-10-27-3/h4-6,11-12,20,22H,7-10,13-16H2,1-3H3/t20-,22+/m1/s1. The summed E-state index contributed by atoms with van der Waals surface area (Å²) < 4.78 is 7.37. The Morgan fingerprint density at radius 1 is 1.11 bits per heavy atom. The second kappa shape index (κ2) is 8.13. The van der Waals surface area contributed by atoms with E-state index in [1.54, 1.807) is 7.11 Å². The highest BCUT2D eigenvalue weighted by molar-refractivity contribution is 5.37. The minimum atomic E-state index is 0.679. The molecule has 2 atom stereocenters. The molecule has 5 nitrogen and oxygen atoms in total. The summed E-state index contributed by atoms with van der Waals surface area (Å²) in [5.41, 5.74) is 4.80. The van der Waals surface area contributed by atoms with E-state index in [9.17, 15) is 0 Å². The van der Waals surface area contributed by atoms with Gasteiger partial charge in [0.2, 0.25) is 0 Å². The Bertz CT molecular complexity index is 771. The predicted molar refractivity (Wildman–Crippen MR) is 108 cm³/mol. The number of hydrogen-bond donors (Lipinski definition) is 0. The molecule has 2 aromatic rings. The molecule has 5 heteroatoms. The lowest BCUT2D eigenvalue weighted by Crippen LogP contribution is -2.45. The summed E-state index contributed by atoms with van der Waals surface area (Å²) in [6, 6.07) is 11.7. The number of aromatic nitrogens is 2. The van der Waals surface area contributed by atoms with Crippen molar-refractivity contribution < 1.29 is 4.74 Å². The molecule has 27 heavy (non-hydrogen) atoms. The van der Waals surface area contributed by atoms with Gasteiger partial charge in [0.05, 0.1) is 18.0 Å². The third kappa shape index (κ3) is 4.26. The van der Waals surface area contributed by atoms with Crippen LogP contribution < -0.4 is 0 Å². The van der Waals surface area contributed by atoms with Crippen molar-refractivity contribution >= 4 is 0 Å². The maximum Gasteiger partial charge on any atom is 0.0651 e. The van der Waals surface area contributed by atoms with E-state index >= 15 is 0 Å². The summed E-state index contributed by atoms with van der Waals surface area (Å²) in [6.45, 7) is 10.7. The van der Waals surface area contributed by atoms with Crippen LogP contribution in [-0.4, -0.2) is 65.5 Å². The van der Waals surface area contributed by atoms with Crippen LogP contribution in [0.1, 0.15) is 29.8 Å². The van der Waals surface area contributed by atoms with Crippen molar-refractivity contribution in [3.8, 4) is 5.69 Å². The highest BCUT2D eigenvalue weighted by Gasteiger charge is 2.34. The van der Waals surface area contributed by atoms with Crippen molar-refractivity contribution in [3.05, 3.63) is 47.3 Å². The van der Waals surface area contributed by atoms with E-state index < -0.39 is 0 Å². The van der Waals surface area contributed by atoms with Crippen LogP contribution in [-0.2, 0) is 11.3 Å². The van der Waals surface area contributed by atoms with Crippen LogP contribution in [0.2, 0.25) is 0 Å². The third-order valence-corrected chi connectivity index (χ3v) is 6.06. The second-order valence-electron chi connectivity index (χ2n) is 8.29. The van der Waals surface area contributed by atoms with Crippen LogP contribution in [0.15, 0.2) is 30.3 Å². The Morgan fingerprint density at radius 3 is 2.78 bits per heavy atom. The fraction of sp³-hybridized carbons (Fsp3) is 0.591. The van der Waals surface area contributed by atoms with Gasteiger partial charge in [-0.25, -0.2) is 4.68 Å². The molecule has 0 aliphatic carbocycles. The van der Waals surface area contributed by atoms with E-state index in [1.807, 2.05) is 0 Å². The number of methoxy groups -OCH3 is 1. The molecule has 0 amide bonds. The number of nitrogens with zero attached hydrogens (tertiary/aromatic N) is 4. The van der Waals surface area contributed by atoms with E-state index in [2.05, 4.69) is 63.8 Å². The minimum absolute atomic E-state index is 0.679. The Labute approximate surface area is 162 Å². The molecule has 146 valence electrons. The first-order chi connectivity index (χ1) is 13.1. The molecule has 1 aromatic heterocycles. The fourth-order valence-corrected chi connectivity index (χ4v) is 4.82. The SMILES string of the molecule is COCCN1C[C@@H]2CC[C@H]1CN(Cc1cccc(-n3nc(C)cc3C)c1)C2. The molecule has 4 heterocycles. The lowest BCUT2D eigenvalue weighted by Gasteiger charge is -2.35. The molecule has 3 aliphatic heterocycles. The van der Waals surface area contributed by atoms with Crippen LogP contribution in [0.5, 0.6) is 0 Å². The molecule has 3 saturated heterocycles. The molecule has 0 radical (unpaired) electrons. The summed E-state index contributed by atoms with van der Waals surface area (Å²) in [4.78, 5) is 5.32. The maximum absolute atomic E-state index is 5.32. The number of rotatable bonds is 6. The number of hydrogen-bond acceptors (Lipinski definition) is 4. The summed E-state index contributed by atoms with van der Waals surface area (Å²) >= 11 is 0. The number of aryl methyl sites for hydroxylation is 2. The van der Waals surface area contributed by atoms with E-state index in [0.717, 1.165) is 37.0 Å². The Kier molecular flexibility index (Phi) is 5.62. The Balaban J connectivity index is 1.47. The lowest BCUT2D eigenvalue weighted by molar-refractivity contribution is 0.0867. The van der Waals surface area contributed by atoms with Gasteiger partial charge in [-0.1, -0.05) is 12.1 Å². The average Bonchev–Trinajstić information content (AvgIpc) is 2.81. The smallest absolute Gasteiger partial charge is 0.0651 e. The number of benzene rings is 1. The van der Waals surface area contributed by atoms with Crippen LogP contribution in [0, 0.1) is 19.8 Å². The molecular formula is C22H32N4O. The molecule has 1 aromatic carbocycles. The van der Waals surface area contributed by atoms with Crippen LogP contribution >= 0.6 is 0 Å². The summed E-state index contributed by atoms with van der Waals surface area (Å²) in [6.07, 6.45) is 2.70. The zero-order chi connectivity index (χ0) is 18.8. The van der Waals surface area contributed by atoms with Gasteiger partial charge in [0.15, 0.2) is 0 Å². The van der Waals surface area contributed by atoms with Crippen LogP contribution in [0.3, 0.4) is 0 Å². The summed E-state index contributed by atoms with van der Waals surface area (Å²) in [5.74, 6) is 0.791. The third-order valence-electron chi connectivity index (χ3n) is 6.06. The predicted octanol–water partition coefficient (Wildman–Crippen LogP) is 3.03. The Morgan fingerprint density at radius 2 is 2.00 bits per heavy atom. The molecule has 0 N–H and O–H groups in total. The van der Waals surface area contributed by atoms with Gasteiger partial charge in [0.1, 0.15) is 0 Å². The molecule has 3 aliphatic rings. The normalized spacial score (nSPS) is 23.7. The number of fused-ring (bicyclic) bond motifs is 4. The Hall–Kier alpha value is -1.69. The van der Waals surface area contributed by atoms with Gasteiger partial charge in [0, 0.05) is 51.6 Å². The highest BCUT2D eigenvalue weighted by Crippen LogP contribution is 2.28. The van der Waals surface area contributed by atoms with Gasteiger partial charge in [-0.05, 0) is 56.4 Å².